The highest BCUT2D eigenvalue weighted by atomic mass is 16.3. The van der Waals surface area contributed by atoms with Crippen LogP contribution in [0, 0.1) is 0 Å². The molecule has 12 heavy (non-hydrogen) atoms. The normalized spacial score (nSPS) is 12.0. The number of aryl methyl sites for hydroxylation is 1. The summed E-state index contributed by atoms with van der Waals surface area (Å²) < 4.78 is 2.13. The Balaban J connectivity index is 3.00. The maximum absolute atomic E-state index is 9.16. The Hall–Kier alpha value is -0.760. The Morgan fingerprint density at radius 3 is 2.67 bits per heavy atom. The molecule has 1 N–H and O–H groups in total. The van der Waals surface area contributed by atoms with Crippen molar-refractivity contribution < 1.29 is 5.11 Å². The van der Waals surface area contributed by atoms with Gasteiger partial charge < -0.3 is 9.67 Å². The summed E-state index contributed by atoms with van der Waals surface area (Å²) in [6.07, 6.45) is 3.03. The molecule has 0 saturated carbocycles. The summed E-state index contributed by atoms with van der Waals surface area (Å²) in [7, 11) is 0. The summed E-state index contributed by atoms with van der Waals surface area (Å²) >= 11 is 0. The number of aromatic nitrogens is 1. The molecule has 0 atom stereocenters. The van der Waals surface area contributed by atoms with Crippen LogP contribution in [-0.4, -0.2) is 16.3 Å². The Kier molecular flexibility index (Phi) is 2.58. The summed E-state index contributed by atoms with van der Waals surface area (Å²) in [5.41, 5.74) is 1.10. The molecule has 68 valence electrons. The first-order valence-electron chi connectivity index (χ1n) is 4.39. The van der Waals surface area contributed by atoms with Gasteiger partial charge in [-0.25, -0.2) is 0 Å². The standard InChI is InChI=1S/C10H17NO/c1-4-9-6-5-7-11(9)10(2,3)8-12/h5-7,12H,4,8H2,1-3H3. The van der Waals surface area contributed by atoms with E-state index in [1.807, 2.05) is 26.1 Å². The zero-order valence-electron chi connectivity index (χ0n) is 8.04. The average molecular weight is 167 g/mol. The summed E-state index contributed by atoms with van der Waals surface area (Å²) in [6.45, 7) is 6.37. The molecular weight excluding hydrogens is 150 g/mol. The van der Waals surface area contributed by atoms with Crippen molar-refractivity contribution >= 4 is 0 Å². The number of hydrogen-bond donors (Lipinski definition) is 1. The molecule has 0 aliphatic rings. The fraction of sp³-hybridized carbons (Fsp3) is 0.600. The number of hydrogen-bond acceptors (Lipinski definition) is 1. The van der Waals surface area contributed by atoms with E-state index in [2.05, 4.69) is 17.6 Å². The molecule has 1 aromatic rings. The van der Waals surface area contributed by atoms with Crippen LogP contribution in [0.4, 0.5) is 0 Å². The molecule has 0 amide bonds. The fourth-order valence-corrected chi connectivity index (χ4v) is 1.37. The van der Waals surface area contributed by atoms with Gasteiger partial charge in [0.1, 0.15) is 0 Å². The largest absolute Gasteiger partial charge is 0.394 e. The van der Waals surface area contributed by atoms with E-state index in [0.717, 1.165) is 6.42 Å². The quantitative estimate of drug-likeness (QED) is 0.729. The van der Waals surface area contributed by atoms with Crippen molar-refractivity contribution in [1.29, 1.82) is 0 Å². The first-order chi connectivity index (χ1) is 5.61. The van der Waals surface area contributed by atoms with Crippen LogP contribution in [0.5, 0.6) is 0 Å². The Morgan fingerprint density at radius 1 is 1.50 bits per heavy atom. The summed E-state index contributed by atoms with van der Waals surface area (Å²) in [4.78, 5) is 0. The van der Waals surface area contributed by atoms with E-state index >= 15 is 0 Å². The van der Waals surface area contributed by atoms with E-state index in [-0.39, 0.29) is 12.1 Å². The second-order valence-corrected chi connectivity index (χ2v) is 3.69. The molecule has 0 aromatic carbocycles. The van der Waals surface area contributed by atoms with Crippen LogP contribution >= 0.6 is 0 Å². The SMILES string of the molecule is CCc1cccn1C(C)(C)CO. The fourth-order valence-electron chi connectivity index (χ4n) is 1.37. The average Bonchev–Trinajstić information content (AvgIpc) is 2.52. The predicted molar refractivity (Wildman–Crippen MR) is 50.2 cm³/mol. The lowest BCUT2D eigenvalue weighted by Gasteiger charge is -2.26. The van der Waals surface area contributed by atoms with Crippen molar-refractivity contribution in [3.63, 3.8) is 0 Å². The van der Waals surface area contributed by atoms with Gasteiger partial charge >= 0.3 is 0 Å². The van der Waals surface area contributed by atoms with Crippen molar-refractivity contribution in [3.05, 3.63) is 24.0 Å². The molecule has 1 heterocycles. The molecule has 0 fully saturated rings. The van der Waals surface area contributed by atoms with Gasteiger partial charge in [0, 0.05) is 11.9 Å². The minimum absolute atomic E-state index is 0.172. The molecule has 0 bridgehead atoms. The van der Waals surface area contributed by atoms with Crippen LogP contribution in [0.1, 0.15) is 26.5 Å². The Morgan fingerprint density at radius 2 is 2.17 bits per heavy atom. The van der Waals surface area contributed by atoms with E-state index in [0.29, 0.717) is 0 Å². The highest BCUT2D eigenvalue weighted by Crippen LogP contribution is 2.17. The molecule has 2 heteroatoms. The van der Waals surface area contributed by atoms with E-state index < -0.39 is 0 Å². The second kappa shape index (κ2) is 3.31. The summed E-state index contributed by atoms with van der Waals surface area (Å²) in [5, 5.41) is 9.16. The van der Waals surface area contributed by atoms with Gasteiger partial charge in [0.2, 0.25) is 0 Å². The highest BCUT2D eigenvalue weighted by molar-refractivity contribution is 5.10. The molecule has 1 rings (SSSR count). The maximum Gasteiger partial charge on any atom is 0.0661 e. The second-order valence-electron chi connectivity index (χ2n) is 3.69. The minimum Gasteiger partial charge on any atom is -0.394 e. The number of nitrogens with zero attached hydrogens (tertiary/aromatic N) is 1. The zero-order valence-corrected chi connectivity index (χ0v) is 8.04. The molecule has 0 radical (unpaired) electrons. The van der Waals surface area contributed by atoms with E-state index in [4.69, 9.17) is 5.11 Å². The van der Waals surface area contributed by atoms with Crippen LogP contribution in [0.2, 0.25) is 0 Å². The van der Waals surface area contributed by atoms with Crippen molar-refractivity contribution in [2.24, 2.45) is 0 Å². The lowest BCUT2D eigenvalue weighted by molar-refractivity contribution is 0.162. The van der Waals surface area contributed by atoms with Gasteiger partial charge in [-0.05, 0) is 32.4 Å². The molecule has 0 aliphatic heterocycles. The third-order valence-corrected chi connectivity index (χ3v) is 2.23. The van der Waals surface area contributed by atoms with Crippen LogP contribution in [-0.2, 0) is 12.0 Å². The van der Waals surface area contributed by atoms with E-state index in [9.17, 15) is 0 Å². The smallest absolute Gasteiger partial charge is 0.0661 e. The Bertz CT molecular complexity index is 250. The lowest BCUT2D eigenvalue weighted by atomic mass is 10.1. The lowest BCUT2D eigenvalue weighted by Crippen LogP contribution is -2.31. The van der Waals surface area contributed by atoms with Gasteiger partial charge in [-0.2, -0.15) is 0 Å². The van der Waals surface area contributed by atoms with E-state index in [1.165, 1.54) is 5.69 Å². The summed E-state index contributed by atoms with van der Waals surface area (Å²) in [5.74, 6) is 0. The molecule has 0 aliphatic carbocycles. The minimum atomic E-state index is -0.172. The first kappa shape index (κ1) is 9.33. The molecule has 2 nitrogen and oxygen atoms in total. The highest BCUT2D eigenvalue weighted by Gasteiger charge is 2.19. The zero-order chi connectivity index (χ0) is 9.19. The molecule has 1 aromatic heterocycles. The third-order valence-electron chi connectivity index (χ3n) is 2.23. The predicted octanol–water partition coefficient (Wildman–Crippen LogP) is 1.78. The first-order valence-corrected chi connectivity index (χ1v) is 4.39. The van der Waals surface area contributed by atoms with Gasteiger partial charge in [0.25, 0.3) is 0 Å². The third kappa shape index (κ3) is 1.53. The van der Waals surface area contributed by atoms with Crippen molar-refractivity contribution in [1.82, 2.24) is 4.57 Å². The monoisotopic (exact) mass is 167 g/mol. The topological polar surface area (TPSA) is 25.2 Å². The van der Waals surface area contributed by atoms with Crippen LogP contribution in [0.15, 0.2) is 18.3 Å². The van der Waals surface area contributed by atoms with E-state index in [1.54, 1.807) is 0 Å². The number of rotatable bonds is 3. The molecule has 0 spiro atoms. The van der Waals surface area contributed by atoms with Gasteiger partial charge in [-0.1, -0.05) is 6.92 Å². The van der Waals surface area contributed by atoms with Crippen LogP contribution < -0.4 is 0 Å². The number of aliphatic hydroxyl groups excluding tert-OH is 1. The van der Waals surface area contributed by atoms with Crippen LogP contribution in [0.3, 0.4) is 0 Å². The van der Waals surface area contributed by atoms with Gasteiger partial charge in [0.05, 0.1) is 12.1 Å². The molecular formula is C10H17NO. The maximum atomic E-state index is 9.16. The van der Waals surface area contributed by atoms with Gasteiger partial charge in [0.15, 0.2) is 0 Å². The van der Waals surface area contributed by atoms with Crippen LogP contribution in [0.25, 0.3) is 0 Å². The van der Waals surface area contributed by atoms with Gasteiger partial charge in [-0.15, -0.1) is 0 Å². The van der Waals surface area contributed by atoms with Gasteiger partial charge in [-0.3, -0.25) is 0 Å². The summed E-state index contributed by atoms with van der Waals surface area (Å²) in [6, 6.07) is 4.12. The van der Waals surface area contributed by atoms with Crippen molar-refractivity contribution in [2.45, 2.75) is 32.7 Å². The molecule has 0 unspecified atom stereocenters. The molecule has 0 saturated heterocycles. The van der Waals surface area contributed by atoms with Crippen molar-refractivity contribution in [3.8, 4) is 0 Å². The number of aliphatic hydroxyl groups is 1. The van der Waals surface area contributed by atoms with Crippen molar-refractivity contribution in [2.75, 3.05) is 6.61 Å². The Labute approximate surface area is 73.8 Å².